The van der Waals surface area contributed by atoms with Crippen LogP contribution in [0.15, 0.2) is 86.4 Å². The number of nitrogens with two attached hydrogens (primary N) is 3. The van der Waals surface area contributed by atoms with Gasteiger partial charge in [-0.15, -0.1) is 5.10 Å². The molecule has 670 valence electrons. The van der Waals surface area contributed by atoms with E-state index in [0.29, 0.717) is 198 Å². The van der Waals surface area contributed by atoms with E-state index in [1.165, 1.54) is 13.0 Å². The summed E-state index contributed by atoms with van der Waals surface area (Å²) in [7, 11) is 4.80. The number of methoxy groups -OCH3 is 2. The number of aliphatic hydroxyl groups excluding tert-OH is 2. The van der Waals surface area contributed by atoms with E-state index in [1.54, 1.807) is 62.4 Å². The van der Waals surface area contributed by atoms with Crippen molar-refractivity contribution in [3.63, 3.8) is 0 Å². The first-order chi connectivity index (χ1) is 58.2. The summed E-state index contributed by atoms with van der Waals surface area (Å²) in [5.74, 6) is -7.98. The van der Waals surface area contributed by atoms with Crippen LogP contribution in [0.5, 0.6) is 0 Å². The number of likely N-dealkylation sites (tertiary alicyclic amines) is 1. The number of ether oxygens (including phenoxy) is 11. The average molecular weight is 1700 g/mol. The third-order valence-electron chi connectivity index (χ3n) is 23.5. The standard InChI is InChI=1S/C87H131N13O21/c1-55-18-12-11-13-19-56(2)72(110-9)49-65-25-22-60(6)87(109,121-65)81(106)84(107)99-29-16-14-21-68(99)85(108)119-73(50-69(101)57(3)45-59(5)79(104)80(105)78(103)58(4)44-55)66(88)46-61-23-26-71(74(47-61)111-10)118-31-17-15-20-64-54-98(96-94-64)30-33-113-35-37-115-39-41-117-43-42-116-40-38-114-36-34-112-32-28-75(102)97-51-62(52-97)53-100-83(92-8)76(82(89)91-7)77(95-100)63-24-27-70-67(48-63)93-86(90)120-70/h11-13,18-19,24,27,45,48,54-55,57-58,60-62,65-66,68,71-74,79-80,104-105,109H,8,14-17,20-23,25-26,28-44,46-47,49-53,88H2,1-7,9-10H3,(H2,89,91)(H2,90,93)/b13-11+,18-12+,56-19+,59-45+/t55-,57-,58-,60-,61+,65+,66-,68+,71-,72+,73+,74-,79-,80+,87-/m1/s1. The average Bonchev–Trinajstić information content (AvgIpc) is 1.51. The van der Waals surface area contributed by atoms with Crippen LogP contribution in [0.2, 0.25) is 0 Å². The number of aliphatic imine (C=N–C) groups is 2. The molecule has 0 unspecified atom stereocenters. The van der Waals surface area contributed by atoms with Gasteiger partial charge in [-0.05, 0) is 145 Å². The summed E-state index contributed by atoms with van der Waals surface area (Å²) in [6, 6.07) is 3.38. The lowest BCUT2D eigenvalue weighted by molar-refractivity contribution is -0.265. The molecule has 1 saturated carbocycles. The number of aliphatic hydroxyl groups is 3. The maximum Gasteiger partial charge on any atom is 0.329 e. The number of amidine groups is 1. The van der Waals surface area contributed by atoms with E-state index in [0.717, 1.165) is 34.6 Å². The summed E-state index contributed by atoms with van der Waals surface area (Å²) in [5, 5.41) is 48.1. The molecular formula is C87H131N13O21. The Bertz CT molecular complexity index is 4150. The highest BCUT2D eigenvalue weighted by atomic mass is 16.6. The number of fused-ring (bicyclic) bond motifs is 4. The van der Waals surface area contributed by atoms with Crippen LogP contribution in [0.25, 0.3) is 22.4 Å². The second-order valence-corrected chi connectivity index (χ2v) is 32.7. The monoisotopic (exact) mass is 1690 g/mol. The second kappa shape index (κ2) is 48.7. The molecule has 0 spiro atoms. The van der Waals surface area contributed by atoms with E-state index >= 15 is 0 Å². The SMILES string of the molecule is C=Nc1c(/C(N)=N\C)c(-c2ccc3oc(N)nc3c2)nn1CC1CN(C(=O)CCOCCOCCOCCOCCOCCOCCn2cc(CCCCO[C@@H]3CC[C@@H](C[C@@H](N)[C@@H]4CC(=O)[C@H](C)/C=C(\C)[C@@H](O)[C@@H](O)C(=O)[C@H](C)C[C@H](C)/C=C/C=C/C=C(\C)[C@@H](OC)C[C@@H]5CC[C@@H](C)[C@@](O)(O5)C(=O)C(=O)N5CCCC[C@H]5C(=O)O4)C[C@H]3OC)nn2)C1. The van der Waals surface area contributed by atoms with Crippen LogP contribution in [-0.4, -0.2) is 290 Å². The summed E-state index contributed by atoms with van der Waals surface area (Å²) in [6.45, 7) is 21.5. The minimum atomic E-state index is -2.49. The Morgan fingerprint density at radius 2 is 1.48 bits per heavy atom. The number of nitrogens with zero attached hydrogens (tertiary/aromatic N) is 10. The molecule has 9 rings (SSSR count). The predicted molar refractivity (Wildman–Crippen MR) is 451 cm³/mol. The lowest BCUT2D eigenvalue weighted by atomic mass is 9.80. The highest BCUT2D eigenvalue weighted by Gasteiger charge is 2.53. The van der Waals surface area contributed by atoms with Gasteiger partial charge in [0.05, 0.1) is 128 Å². The van der Waals surface area contributed by atoms with Crippen LogP contribution in [0.1, 0.15) is 149 Å². The Balaban J connectivity index is 0.621. The number of amides is 2. The highest BCUT2D eigenvalue weighted by Crippen LogP contribution is 2.39. The van der Waals surface area contributed by atoms with Crippen molar-refractivity contribution in [1.82, 2.24) is 39.6 Å². The lowest BCUT2D eigenvalue weighted by Gasteiger charge is -2.42. The van der Waals surface area contributed by atoms with Gasteiger partial charge in [-0.25, -0.2) is 19.2 Å². The number of carbonyl (C=O) groups is 6. The molecule has 2 amide bonds. The van der Waals surface area contributed by atoms with Gasteiger partial charge in [0.1, 0.15) is 47.2 Å². The molecule has 121 heavy (non-hydrogen) atoms. The molecule has 4 aliphatic heterocycles. The third-order valence-corrected chi connectivity index (χ3v) is 23.5. The smallest absolute Gasteiger partial charge is 0.329 e. The van der Waals surface area contributed by atoms with Gasteiger partial charge in [-0.3, -0.25) is 29.0 Å². The van der Waals surface area contributed by atoms with Gasteiger partial charge in [0.2, 0.25) is 11.7 Å². The molecule has 9 N–H and O–H groups in total. The zero-order chi connectivity index (χ0) is 87.1. The normalized spacial score (nSPS) is 28.1. The van der Waals surface area contributed by atoms with Crippen molar-refractivity contribution in [2.24, 2.45) is 57.0 Å². The number of unbranched alkanes of at least 4 members (excludes halogenated alkanes) is 1. The van der Waals surface area contributed by atoms with Crippen LogP contribution >= 0.6 is 0 Å². The fourth-order valence-corrected chi connectivity index (χ4v) is 16.2. The molecule has 3 saturated heterocycles. The Kier molecular flexibility index (Phi) is 38.9. The number of oxazole rings is 1. The van der Waals surface area contributed by atoms with Crippen LogP contribution < -0.4 is 17.2 Å². The molecule has 0 radical (unpaired) electrons. The fourth-order valence-electron chi connectivity index (χ4n) is 16.2. The second-order valence-electron chi connectivity index (χ2n) is 32.7. The molecule has 2 bridgehead atoms. The fraction of sp³-hybridized carbons (Fsp3) is 0.678. The van der Waals surface area contributed by atoms with Crippen LogP contribution in [0.4, 0.5) is 11.8 Å². The van der Waals surface area contributed by atoms with Crippen molar-refractivity contribution in [3.8, 4) is 11.3 Å². The Morgan fingerprint density at radius 3 is 2.16 bits per heavy atom. The molecule has 4 aromatic rings. The first-order valence-corrected chi connectivity index (χ1v) is 42.8. The number of hydrogen-bond donors (Lipinski definition) is 6. The highest BCUT2D eigenvalue weighted by molar-refractivity contribution is 6.39. The molecule has 7 heterocycles. The number of aromatic nitrogens is 6. The number of piperidine rings is 1. The maximum atomic E-state index is 14.7. The number of allylic oxidation sites excluding steroid dienone is 6. The minimum absolute atomic E-state index is 0.0145. The molecule has 3 aromatic heterocycles. The van der Waals surface area contributed by atoms with Gasteiger partial charge >= 0.3 is 5.97 Å². The van der Waals surface area contributed by atoms with Crippen LogP contribution in [0, 0.1) is 35.5 Å². The van der Waals surface area contributed by atoms with Crippen LogP contribution in [-0.2, 0) is 100 Å². The Morgan fingerprint density at radius 1 is 0.785 bits per heavy atom. The largest absolute Gasteiger partial charge is 0.459 e. The summed E-state index contributed by atoms with van der Waals surface area (Å²) < 4.78 is 73.7. The summed E-state index contributed by atoms with van der Waals surface area (Å²) in [5.41, 5.74) is 24.1. The summed E-state index contributed by atoms with van der Waals surface area (Å²) in [6.07, 6.45) is 13.8. The number of ketones is 3. The number of cyclic esters (lactones) is 1. The number of nitrogen functional groups attached to an aromatic ring is 1. The molecular weight excluding hydrogens is 1560 g/mol. The quantitative estimate of drug-likeness (QED) is 0.00678. The van der Waals surface area contributed by atoms with E-state index in [1.807, 2.05) is 62.6 Å². The van der Waals surface area contributed by atoms with Crippen molar-refractivity contribution in [3.05, 3.63) is 83.3 Å². The Labute approximate surface area is 709 Å². The zero-order valence-corrected chi connectivity index (χ0v) is 72.1. The van der Waals surface area contributed by atoms with Crippen molar-refractivity contribution < 1.29 is 101 Å². The topological polar surface area (TPSA) is 448 Å². The number of carbonyl (C=O) groups excluding carboxylic acids is 6. The zero-order valence-electron chi connectivity index (χ0n) is 72.1. The molecule has 5 aliphatic rings. The van der Waals surface area contributed by atoms with Crippen molar-refractivity contribution >= 4 is 70.6 Å². The van der Waals surface area contributed by atoms with Gasteiger partial charge in [0, 0.05) is 108 Å². The van der Waals surface area contributed by atoms with Gasteiger partial charge in [0.25, 0.3) is 17.7 Å². The molecule has 34 heteroatoms. The molecule has 15 atom stereocenters. The van der Waals surface area contributed by atoms with Crippen molar-refractivity contribution in [2.45, 2.75) is 218 Å². The van der Waals surface area contributed by atoms with E-state index in [4.69, 9.17) is 78.8 Å². The number of aryl methyl sites for hydroxylation is 1. The summed E-state index contributed by atoms with van der Waals surface area (Å²) >= 11 is 0. The minimum Gasteiger partial charge on any atom is -0.459 e. The van der Waals surface area contributed by atoms with Gasteiger partial charge in [-0.2, -0.15) is 10.1 Å². The third kappa shape index (κ3) is 28.2. The first-order valence-electron chi connectivity index (χ1n) is 42.8. The van der Waals surface area contributed by atoms with E-state index in [2.05, 4.69) is 32.0 Å². The molecule has 4 fully saturated rings. The number of Topliss-reactive ketones (excluding diaryl/α,β-unsaturated/α-hetero) is 3. The number of esters is 1. The lowest BCUT2D eigenvalue weighted by Crippen LogP contribution is -2.61. The van der Waals surface area contributed by atoms with Gasteiger partial charge in [-0.1, -0.05) is 69.4 Å². The predicted octanol–water partition coefficient (Wildman–Crippen LogP) is 6.76. The first kappa shape index (κ1) is 96.6. The number of anilines is 1. The van der Waals surface area contributed by atoms with Crippen molar-refractivity contribution in [1.29, 1.82) is 0 Å². The number of hydrogen-bond acceptors (Lipinski definition) is 29. The van der Waals surface area contributed by atoms with Gasteiger partial charge in [0.15, 0.2) is 17.2 Å². The number of rotatable bonds is 37. The van der Waals surface area contributed by atoms with E-state index in [-0.39, 0.29) is 92.1 Å². The number of benzene rings is 1. The molecule has 1 aromatic carbocycles. The van der Waals surface area contributed by atoms with E-state index in [9.17, 15) is 44.1 Å². The van der Waals surface area contributed by atoms with Crippen molar-refractivity contribution in [2.75, 3.05) is 133 Å². The molecule has 34 nitrogen and oxygen atoms in total. The van der Waals surface area contributed by atoms with E-state index < -0.39 is 95.4 Å². The summed E-state index contributed by atoms with van der Waals surface area (Å²) in [4.78, 5) is 100. The maximum absolute atomic E-state index is 14.7. The van der Waals surface area contributed by atoms with Gasteiger partial charge < -0.3 is 98.8 Å². The molecule has 1 aliphatic carbocycles. The Hall–Kier alpha value is -8.20. The van der Waals surface area contributed by atoms with Crippen LogP contribution in [0.3, 0.4) is 0 Å².